The van der Waals surface area contributed by atoms with Crippen molar-refractivity contribution in [3.8, 4) is 0 Å². The van der Waals surface area contributed by atoms with E-state index in [0.29, 0.717) is 11.4 Å². The Morgan fingerprint density at radius 1 is 1.44 bits per heavy atom. The second kappa shape index (κ2) is 4.19. The number of nitrogens with zero attached hydrogens (tertiary/aromatic N) is 4. The van der Waals surface area contributed by atoms with Crippen LogP contribution >= 0.6 is 11.3 Å². The third kappa shape index (κ3) is 1.84. The molecule has 3 aromatic heterocycles. The first kappa shape index (κ1) is 10.8. The van der Waals surface area contributed by atoms with Gasteiger partial charge in [0, 0.05) is 13.2 Å². The number of aryl methyl sites for hydroxylation is 1. The lowest BCUT2D eigenvalue weighted by Gasteiger charge is -2.01. The molecule has 0 bridgehead atoms. The van der Waals surface area contributed by atoms with Gasteiger partial charge in [-0.3, -0.25) is 9.48 Å². The zero-order chi connectivity index (χ0) is 12.5. The first-order chi connectivity index (χ1) is 8.74. The number of hydrogen-bond acceptors (Lipinski definition) is 5. The maximum absolute atomic E-state index is 12.1. The average Bonchev–Trinajstić information content (AvgIpc) is 2.97. The minimum absolute atomic E-state index is 0.252. The average molecular weight is 259 g/mol. The van der Waals surface area contributed by atoms with Crippen LogP contribution in [0.3, 0.4) is 0 Å². The molecule has 18 heavy (non-hydrogen) atoms. The molecule has 0 saturated heterocycles. The van der Waals surface area contributed by atoms with E-state index >= 15 is 0 Å². The summed E-state index contributed by atoms with van der Waals surface area (Å²) in [6.07, 6.45) is 4.71. The van der Waals surface area contributed by atoms with Gasteiger partial charge < -0.3 is 5.32 Å². The minimum Gasteiger partial charge on any atom is -0.318 e. The summed E-state index contributed by atoms with van der Waals surface area (Å²) in [6.45, 7) is 0. The minimum atomic E-state index is -0.252. The Kier molecular flexibility index (Phi) is 2.52. The van der Waals surface area contributed by atoms with Gasteiger partial charge in [-0.05, 0) is 11.4 Å². The van der Waals surface area contributed by atoms with Crippen LogP contribution in [0.2, 0.25) is 0 Å². The Labute approximate surface area is 106 Å². The number of thiophene rings is 1. The molecule has 7 heteroatoms. The van der Waals surface area contributed by atoms with Crippen LogP contribution in [-0.4, -0.2) is 25.7 Å². The summed E-state index contributed by atoms with van der Waals surface area (Å²) in [5.41, 5.74) is 1.82. The summed E-state index contributed by atoms with van der Waals surface area (Å²) < 4.78 is 2.41. The molecule has 3 heterocycles. The largest absolute Gasteiger partial charge is 0.318 e. The van der Waals surface area contributed by atoms with E-state index in [1.165, 1.54) is 17.7 Å². The zero-order valence-electron chi connectivity index (χ0n) is 9.49. The van der Waals surface area contributed by atoms with E-state index in [4.69, 9.17) is 0 Å². The second-order valence-corrected chi connectivity index (χ2v) is 4.63. The van der Waals surface area contributed by atoms with E-state index in [9.17, 15) is 4.79 Å². The van der Waals surface area contributed by atoms with Gasteiger partial charge >= 0.3 is 0 Å². The molecule has 0 unspecified atom stereocenters. The van der Waals surface area contributed by atoms with Gasteiger partial charge in [0.2, 0.25) is 0 Å². The summed E-state index contributed by atoms with van der Waals surface area (Å²) in [5, 5.41) is 8.63. The predicted molar refractivity (Wildman–Crippen MR) is 68.6 cm³/mol. The molecule has 0 saturated carbocycles. The molecule has 0 aliphatic heterocycles. The number of carbonyl (C=O) groups is 1. The molecule has 3 aromatic rings. The molecule has 0 radical (unpaired) electrons. The van der Waals surface area contributed by atoms with Gasteiger partial charge in [0.15, 0.2) is 0 Å². The standard InChI is InChI=1S/C11H9N5OS/c1-16-5-7(4-14-16)15-11(17)9-10-8(2-3-18-10)12-6-13-9/h2-6H,1H3,(H,15,17). The zero-order valence-corrected chi connectivity index (χ0v) is 10.3. The summed E-state index contributed by atoms with van der Waals surface area (Å²) in [6, 6.07) is 1.86. The lowest BCUT2D eigenvalue weighted by Crippen LogP contribution is -2.13. The van der Waals surface area contributed by atoms with Crippen LogP contribution in [0, 0.1) is 0 Å². The van der Waals surface area contributed by atoms with Crippen molar-refractivity contribution in [2.24, 2.45) is 7.05 Å². The number of anilines is 1. The number of carbonyl (C=O) groups excluding carboxylic acids is 1. The molecule has 0 spiro atoms. The molecule has 0 aliphatic rings. The van der Waals surface area contributed by atoms with E-state index in [1.54, 1.807) is 24.1 Å². The predicted octanol–water partition coefficient (Wildman–Crippen LogP) is 1.68. The molecule has 0 atom stereocenters. The fourth-order valence-corrected chi connectivity index (χ4v) is 2.46. The summed E-state index contributed by atoms with van der Waals surface area (Å²) >= 11 is 1.45. The van der Waals surface area contributed by atoms with Gasteiger partial charge in [-0.15, -0.1) is 11.3 Å². The van der Waals surface area contributed by atoms with E-state index in [1.807, 2.05) is 11.4 Å². The Balaban J connectivity index is 1.94. The monoisotopic (exact) mass is 259 g/mol. The highest BCUT2D eigenvalue weighted by Gasteiger charge is 2.14. The van der Waals surface area contributed by atoms with E-state index in [0.717, 1.165) is 10.2 Å². The van der Waals surface area contributed by atoms with Crippen molar-refractivity contribution < 1.29 is 4.79 Å². The number of aromatic nitrogens is 4. The number of rotatable bonds is 2. The van der Waals surface area contributed by atoms with Gasteiger partial charge in [0.25, 0.3) is 5.91 Å². The number of hydrogen-bond donors (Lipinski definition) is 1. The Morgan fingerprint density at radius 3 is 3.11 bits per heavy atom. The smallest absolute Gasteiger partial charge is 0.275 e. The Bertz CT molecular complexity index is 717. The van der Waals surface area contributed by atoms with Crippen LogP contribution in [0.15, 0.2) is 30.2 Å². The van der Waals surface area contributed by atoms with Gasteiger partial charge in [-0.1, -0.05) is 0 Å². The molecule has 0 aromatic carbocycles. The van der Waals surface area contributed by atoms with E-state index in [2.05, 4.69) is 20.4 Å². The molecule has 1 amide bonds. The summed E-state index contributed by atoms with van der Waals surface area (Å²) in [5.74, 6) is -0.252. The molecule has 6 nitrogen and oxygen atoms in total. The van der Waals surface area contributed by atoms with Crippen molar-refractivity contribution >= 4 is 33.1 Å². The topological polar surface area (TPSA) is 72.7 Å². The fraction of sp³-hybridized carbons (Fsp3) is 0.0909. The number of nitrogens with one attached hydrogen (secondary N) is 1. The van der Waals surface area contributed by atoms with E-state index in [-0.39, 0.29) is 5.91 Å². The third-order valence-electron chi connectivity index (χ3n) is 2.42. The molecular formula is C11H9N5OS. The fourth-order valence-electron chi connectivity index (χ4n) is 1.63. The molecule has 1 N–H and O–H groups in total. The maximum atomic E-state index is 12.1. The van der Waals surface area contributed by atoms with Crippen LogP contribution in [0.25, 0.3) is 10.2 Å². The van der Waals surface area contributed by atoms with Gasteiger partial charge in [-0.2, -0.15) is 5.10 Å². The summed E-state index contributed by atoms with van der Waals surface area (Å²) in [4.78, 5) is 20.2. The highest BCUT2D eigenvalue weighted by Crippen LogP contribution is 2.21. The number of fused-ring (bicyclic) bond motifs is 1. The van der Waals surface area contributed by atoms with Gasteiger partial charge in [0.05, 0.1) is 22.1 Å². The second-order valence-electron chi connectivity index (χ2n) is 3.71. The maximum Gasteiger partial charge on any atom is 0.275 e. The SMILES string of the molecule is Cn1cc(NC(=O)c2ncnc3ccsc23)cn1. The van der Waals surface area contributed by atoms with Gasteiger partial charge in [-0.25, -0.2) is 9.97 Å². The van der Waals surface area contributed by atoms with Crippen LogP contribution < -0.4 is 5.32 Å². The quantitative estimate of drug-likeness (QED) is 0.760. The first-order valence-corrected chi connectivity index (χ1v) is 6.10. The van der Waals surface area contributed by atoms with Crippen LogP contribution in [-0.2, 0) is 7.05 Å². The molecule has 3 rings (SSSR count). The van der Waals surface area contributed by atoms with Crippen molar-refractivity contribution in [3.05, 3.63) is 35.9 Å². The van der Waals surface area contributed by atoms with Crippen LogP contribution in [0.4, 0.5) is 5.69 Å². The Hall–Kier alpha value is -2.28. The first-order valence-electron chi connectivity index (χ1n) is 5.22. The molecule has 0 aliphatic carbocycles. The highest BCUT2D eigenvalue weighted by molar-refractivity contribution is 7.17. The number of amides is 1. The Morgan fingerprint density at radius 2 is 2.33 bits per heavy atom. The van der Waals surface area contributed by atoms with Gasteiger partial charge in [0.1, 0.15) is 12.0 Å². The normalized spacial score (nSPS) is 10.7. The molecule has 0 fully saturated rings. The van der Waals surface area contributed by atoms with Crippen molar-refractivity contribution in [3.63, 3.8) is 0 Å². The lowest BCUT2D eigenvalue weighted by atomic mass is 10.3. The van der Waals surface area contributed by atoms with Crippen molar-refractivity contribution in [1.82, 2.24) is 19.7 Å². The van der Waals surface area contributed by atoms with Crippen LogP contribution in [0.5, 0.6) is 0 Å². The van der Waals surface area contributed by atoms with Crippen molar-refractivity contribution in [1.29, 1.82) is 0 Å². The lowest BCUT2D eigenvalue weighted by molar-refractivity contribution is 0.102. The summed E-state index contributed by atoms with van der Waals surface area (Å²) in [7, 11) is 1.79. The highest BCUT2D eigenvalue weighted by atomic mass is 32.1. The molecular weight excluding hydrogens is 250 g/mol. The van der Waals surface area contributed by atoms with Crippen molar-refractivity contribution in [2.45, 2.75) is 0 Å². The van der Waals surface area contributed by atoms with E-state index < -0.39 is 0 Å². The van der Waals surface area contributed by atoms with Crippen LogP contribution in [0.1, 0.15) is 10.5 Å². The van der Waals surface area contributed by atoms with Crippen molar-refractivity contribution in [2.75, 3.05) is 5.32 Å². The molecule has 90 valence electrons. The third-order valence-corrected chi connectivity index (χ3v) is 3.33.